The molecule has 1 N–H and O–H groups in total. The van der Waals surface area contributed by atoms with Crippen molar-refractivity contribution in [1.29, 1.82) is 0 Å². The zero-order valence-electron chi connectivity index (χ0n) is 18.2. The van der Waals surface area contributed by atoms with E-state index in [2.05, 4.69) is 33.4 Å². The van der Waals surface area contributed by atoms with Crippen LogP contribution in [0.2, 0.25) is 0 Å². The number of ether oxygens (including phenoxy) is 2. The van der Waals surface area contributed by atoms with Crippen molar-refractivity contribution in [3.8, 4) is 17.0 Å². The van der Waals surface area contributed by atoms with E-state index in [1.54, 1.807) is 30.5 Å². The lowest BCUT2D eigenvalue weighted by molar-refractivity contribution is 0.155. The summed E-state index contributed by atoms with van der Waals surface area (Å²) in [6.07, 6.45) is 2.76. The van der Waals surface area contributed by atoms with Crippen LogP contribution in [0.5, 0.6) is 5.75 Å². The summed E-state index contributed by atoms with van der Waals surface area (Å²) in [5.41, 5.74) is 3.80. The van der Waals surface area contributed by atoms with Gasteiger partial charge in [0.15, 0.2) is 4.96 Å². The zero-order valence-corrected chi connectivity index (χ0v) is 19.0. The van der Waals surface area contributed by atoms with Crippen molar-refractivity contribution in [3.05, 3.63) is 71.9 Å². The second-order valence-corrected chi connectivity index (χ2v) is 8.07. The molecular formula is C24H26N4O3S. The van der Waals surface area contributed by atoms with Crippen LogP contribution >= 0.6 is 11.3 Å². The van der Waals surface area contributed by atoms with Crippen molar-refractivity contribution in [3.63, 3.8) is 0 Å². The maximum absolute atomic E-state index is 13.0. The molecule has 7 nitrogen and oxygen atoms in total. The summed E-state index contributed by atoms with van der Waals surface area (Å²) in [5, 5.41) is 5.05. The van der Waals surface area contributed by atoms with Crippen LogP contribution in [0.15, 0.2) is 66.2 Å². The number of carbonyl (C=O) groups is 1. The number of carbonyl (C=O) groups excluding carboxylic acids is 1. The highest BCUT2D eigenvalue weighted by molar-refractivity contribution is 7.15. The number of fused-ring (bicyclic) bond motifs is 1. The quantitative estimate of drug-likeness (QED) is 0.398. The van der Waals surface area contributed by atoms with E-state index in [9.17, 15) is 4.79 Å². The molecule has 2 aromatic heterocycles. The summed E-state index contributed by atoms with van der Waals surface area (Å²) in [7, 11) is 3.22. The molecule has 32 heavy (non-hydrogen) atoms. The Kier molecular flexibility index (Phi) is 7.03. The van der Waals surface area contributed by atoms with Crippen molar-refractivity contribution in [2.45, 2.75) is 6.42 Å². The number of nitrogens with zero attached hydrogens (tertiary/aromatic N) is 3. The highest BCUT2D eigenvalue weighted by Crippen LogP contribution is 2.25. The van der Waals surface area contributed by atoms with Gasteiger partial charge in [0.25, 0.3) is 0 Å². The summed E-state index contributed by atoms with van der Waals surface area (Å²) in [4.78, 5) is 20.4. The van der Waals surface area contributed by atoms with Gasteiger partial charge >= 0.3 is 6.03 Å². The van der Waals surface area contributed by atoms with E-state index in [-0.39, 0.29) is 6.03 Å². The summed E-state index contributed by atoms with van der Waals surface area (Å²) in [6.45, 7) is 1.50. The summed E-state index contributed by atoms with van der Waals surface area (Å²) >= 11 is 1.61. The van der Waals surface area contributed by atoms with Crippen LogP contribution < -0.4 is 10.1 Å². The van der Waals surface area contributed by atoms with Crippen LogP contribution in [0, 0.1) is 0 Å². The molecule has 4 aromatic rings. The fourth-order valence-electron chi connectivity index (χ4n) is 3.47. The highest BCUT2D eigenvalue weighted by Gasteiger charge is 2.17. The minimum absolute atomic E-state index is 0.186. The molecule has 2 amide bonds. The first kappa shape index (κ1) is 21.9. The van der Waals surface area contributed by atoms with Gasteiger partial charge in [0.05, 0.1) is 25.1 Å². The Morgan fingerprint density at radius 2 is 1.88 bits per heavy atom. The summed E-state index contributed by atoms with van der Waals surface area (Å²) in [6, 6.07) is 17.3. The molecular weight excluding hydrogens is 424 g/mol. The zero-order chi connectivity index (χ0) is 22.3. The first-order valence-electron chi connectivity index (χ1n) is 10.4. The lowest BCUT2D eigenvalue weighted by atomic mass is 10.2. The third kappa shape index (κ3) is 4.92. The minimum atomic E-state index is -0.186. The average molecular weight is 451 g/mol. The highest BCUT2D eigenvalue weighted by atomic mass is 32.1. The fraction of sp³-hybridized carbons (Fsp3) is 0.250. The predicted octanol–water partition coefficient (Wildman–Crippen LogP) is 4.79. The third-order valence-corrected chi connectivity index (χ3v) is 6.08. The average Bonchev–Trinajstić information content (AvgIpc) is 3.41. The number of hydrogen-bond donors (Lipinski definition) is 1. The SMILES string of the molecule is COCCN(CCc1csc2nc(-c3ccccc3)cn12)C(=O)Nc1ccccc1OC. The lowest BCUT2D eigenvalue weighted by Gasteiger charge is -2.23. The van der Waals surface area contributed by atoms with Gasteiger partial charge in [-0.25, -0.2) is 9.78 Å². The molecule has 0 aliphatic carbocycles. The molecule has 0 unspecified atom stereocenters. The van der Waals surface area contributed by atoms with Gasteiger partial charge in [-0.05, 0) is 12.1 Å². The van der Waals surface area contributed by atoms with E-state index in [4.69, 9.17) is 14.5 Å². The number of rotatable bonds is 9. The maximum Gasteiger partial charge on any atom is 0.322 e. The van der Waals surface area contributed by atoms with E-state index < -0.39 is 0 Å². The molecule has 0 saturated heterocycles. The number of imidazole rings is 1. The Morgan fingerprint density at radius 3 is 2.66 bits per heavy atom. The molecule has 166 valence electrons. The maximum atomic E-state index is 13.0. The van der Waals surface area contributed by atoms with Gasteiger partial charge in [0.1, 0.15) is 5.75 Å². The Labute approximate surface area is 191 Å². The molecule has 0 fully saturated rings. The molecule has 0 atom stereocenters. The molecule has 4 rings (SSSR count). The number of nitrogens with one attached hydrogen (secondary N) is 1. The summed E-state index contributed by atoms with van der Waals surface area (Å²) < 4.78 is 12.7. The number of anilines is 1. The van der Waals surface area contributed by atoms with Crippen molar-refractivity contribution in [1.82, 2.24) is 14.3 Å². The van der Waals surface area contributed by atoms with Gasteiger partial charge in [-0.2, -0.15) is 0 Å². The molecule has 0 aliphatic heterocycles. The Morgan fingerprint density at radius 1 is 1.09 bits per heavy atom. The van der Waals surface area contributed by atoms with Gasteiger partial charge in [-0.3, -0.25) is 4.40 Å². The van der Waals surface area contributed by atoms with E-state index >= 15 is 0 Å². The van der Waals surface area contributed by atoms with E-state index in [0.29, 0.717) is 37.6 Å². The van der Waals surface area contributed by atoms with Crippen LogP contribution in [0.3, 0.4) is 0 Å². The van der Waals surface area contributed by atoms with Gasteiger partial charge < -0.3 is 19.7 Å². The van der Waals surface area contributed by atoms with Crippen LogP contribution in [0.4, 0.5) is 10.5 Å². The smallest absolute Gasteiger partial charge is 0.322 e. The lowest BCUT2D eigenvalue weighted by Crippen LogP contribution is -2.38. The number of methoxy groups -OCH3 is 2. The molecule has 0 bridgehead atoms. The standard InChI is InChI=1S/C24H26N4O3S/c1-30-15-14-27(23(29)25-20-10-6-7-11-22(20)31-2)13-12-19-17-32-24-26-21(16-28(19)24)18-8-4-3-5-9-18/h3-11,16-17H,12-15H2,1-2H3,(H,25,29). The Hall–Kier alpha value is -3.36. The van der Waals surface area contributed by atoms with E-state index in [1.807, 2.05) is 42.5 Å². The molecule has 0 saturated carbocycles. The number of para-hydroxylation sites is 2. The molecule has 0 spiro atoms. The van der Waals surface area contributed by atoms with Crippen LogP contribution in [0.1, 0.15) is 5.69 Å². The summed E-state index contributed by atoms with van der Waals surface area (Å²) in [5.74, 6) is 0.624. The van der Waals surface area contributed by atoms with Gasteiger partial charge in [-0.15, -0.1) is 11.3 Å². The largest absolute Gasteiger partial charge is 0.495 e. The number of aromatic nitrogens is 2. The van der Waals surface area contributed by atoms with Gasteiger partial charge in [0.2, 0.25) is 0 Å². The number of amides is 2. The molecule has 8 heteroatoms. The predicted molar refractivity (Wildman–Crippen MR) is 128 cm³/mol. The number of thiazole rings is 1. The van der Waals surface area contributed by atoms with Gasteiger partial charge in [0, 0.05) is 49.5 Å². The Bertz CT molecular complexity index is 1170. The van der Waals surface area contributed by atoms with Crippen molar-refractivity contribution < 1.29 is 14.3 Å². The van der Waals surface area contributed by atoms with Gasteiger partial charge in [-0.1, -0.05) is 42.5 Å². The van der Waals surface area contributed by atoms with Crippen LogP contribution in [-0.2, 0) is 11.2 Å². The van der Waals surface area contributed by atoms with Crippen molar-refractivity contribution in [2.24, 2.45) is 0 Å². The normalized spacial score (nSPS) is 10.9. The molecule has 0 radical (unpaired) electrons. The van der Waals surface area contributed by atoms with Crippen LogP contribution in [0.25, 0.3) is 16.2 Å². The van der Waals surface area contributed by atoms with Crippen LogP contribution in [-0.4, -0.2) is 54.2 Å². The molecule has 0 aliphatic rings. The van der Waals surface area contributed by atoms with E-state index in [0.717, 1.165) is 21.9 Å². The second-order valence-electron chi connectivity index (χ2n) is 7.23. The van der Waals surface area contributed by atoms with E-state index in [1.165, 1.54) is 0 Å². The van der Waals surface area contributed by atoms with Crippen molar-refractivity contribution >= 4 is 28.0 Å². The number of urea groups is 1. The Balaban J connectivity index is 1.48. The number of hydrogen-bond acceptors (Lipinski definition) is 5. The molecule has 2 aromatic carbocycles. The monoisotopic (exact) mass is 450 g/mol. The topological polar surface area (TPSA) is 68.1 Å². The first-order chi connectivity index (χ1) is 15.7. The first-order valence-corrected chi connectivity index (χ1v) is 11.3. The third-order valence-electron chi connectivity index (χ3n) is 5.19. The second kappa shape index (κ2) is 10.3. The fourth-order valence-corrected chi connectivity index (χ4v) is 4.37. The number of benzene rings is 2. The molecule has 2 heterocycles. The van der Waals surface area contributed by atoms with Crippen molar-refractivity contribution in [2.75, 3.05) is 39.2 Å². The minimum Gasteiger partial charge on any atom is -0.495 e.